The fraction of sp³-hybridized carbons (Fsp3) is 0.150. The molecular weight excluding hydrogens is 459 g/mol. The van der Waals surface area contributed by atoms with Crippen LogP contribution < -0.4 is 0 Å². The minimum Gasteiger partial charge on any atom is -0.269 e. The van der Waals surface area contributed by atoms with Gasteiger partial charge in [-0.1, -0.05) is 42.5 Å². The van der Waals surface area contributed by atoms with E-state index in [2.05, 4.69) is 45.8 Å². The first-order chi connectivity index (χ1) is 12.6. The summed E-state index contributed by atoms with van der Waals surface area (Å²) in [6.07, 6.45) is 0.505. The van der Waals surface area contributed by atoms with Gasteiger partial charge in [0.05, 0.1) is 18.0 Å². The van der Waals surface area contributed by atoms with E-state index < -0.39 is 10.0 Å². The van der Waals surface area contributed by atoms with Gasteiger partial charge >= 0.3 is 0 Å². The van der Waals surface area contributed by atoms with Crippen LogP contribution in [0.4, 0.5) is 0 Å². The Hall–Kier alpha value is -1.93. The highest BCUT2D eigenvalue weighted by Crippen LogP contribution is 2.24. The zero-order valence-electron chi connectivity index (χ0n) is 14.0. The molecule has 0 atom stereocenters. The van der Waals surface area contributed by atoms with E-state index in [1.54, 1.807) is 12.1 Å². The van der Waals surface area contributed by atoms with E-state index in [-0.39, 0.29) is 0 Å². The normalized spacial score (nSPS) is 14.7. The molecule has 0 radical (unpaired) electrons. The van der Waals surface area contributed by atoms with Gasteiger partial charge in [-0.25, -0.2) is 8.42 Å². The van der Waals surface area contributed by atoms with Crippen LogP contribution in [0.2, 0.25) is 0 Å². The number of halogens is 1. The Morgan fingerprint density at radius 3 is 2.50 bits per heavy atom. The predicted molar refractivity (Wildman–Crippen MR) is 113 cm³/mol. The molecule has 132 valence electrons. The largest absolute Gasteiger partial charge is 0.269 e. The van der Waals surface area contributed by atoms with Crippen molar-refractivity contribution in [1.82, 2.24) is 4.31 Å². The summed E-state index contributed by atoms with van der Waals surface area (Å²) in [7, 11) is -3.58. The average molecular weight is 476 g/mol. The minimum absolute atomic E-state index is 0.311. The summed E-state index contributed by atoms with van der Waals surface area (Å²) in [6.45, 7) is 0.901. The van der Waals surface area contributed by atoms with Gasteiger partial charge in [0.1, 0.15) is 5.84 Å². The Bertz CT molecular complexity index is 1090. The molecule has 26 heavy (non-hydrogen) atoms. The summed E-state index contributed by atoms with van der Waals surface area (Å²) in [5, 5.41) is 2.28. The van der Waals surface area contributed by atoms with Crippen LogP contribution in [0.25, 0.3) is 10.8 Å². The molecule has 4 rings (SSSR count). The van der Waals surface area contributed by atoms with E-state index in [4.69, 9.17) is 0 Å². The Balaban J connectivity index is 1.67. The average Bonchev–Trinajstić information content (AvgIpc) is 3.11. The van der Waals surface area contributed by atoms with Crippen molar-refractivity contribution in [3.8, 4) is 0 Å². The number of rotatable bonds is 4. The molecule has 0 N–H and O–H groups in total. The zero-order chi connectivity index (χ0) is 18.1. The zero-order valence-corrected chi connectivity index (χ0v) is 16.9. The highest BCUT2D eigenvalue weighted by Gasteiger charge is 2.30. The number of hydrogen-bond acceptors (Lipinski definition) is 3. The van der Waals surface area contributed by atoms with Gasteiger partial charge in [0.2, 0.25) is 0 Å². The number of benzene rings is 3. The van der Waals surface area contributed by atoms with Gasteiger partial charge in [0.15, 0.2) is 0 Å². The first kappa shape index (κ1) is 17.5. The van der Waals surface area contributed by atoms with Gasteiger partial charge in [-0.05, 0) is 63.2 Å². The summed E-state index contributed by atoms with van der Waals surface area (Å²) < 4.78 is 28.6. The van der Waals surface area contributed by atoms with Crippen molar-refractivity contribution in [1.29, 1.82) is 0 Å². The van der Waals surface area contributed by atoms with Gasteiger partial charge in [-0.3, -0.25) is 9.30 Å². The summed E-state index contributed by atoms with van der Waals surface area (Å²) in [4.78, 5) is 4.80. The van der Waals surface area contributed by atoms with Gasteiger partial charge in [0.25, 0.3) is 10.0 Å². The molecule has 0 amide bonds. The van der Waals surface area contributed by atoms with Crippen molar-refractivity contribution in [3.63, 3.8) is 0 Å². The molecule has 1 aliphatic heterocycles. The minimum atomic E-state index is -3.58. The number of hydrogen-bond donors (Lipinski definition) is 0. The van der Waals surface area contributed by atoms with Crippen LogP contribution in [0.5, 0.6) is 0 Å². The first-order valence-corrected chi connectivity index (χ1v) is 10.9. The van der Waals surface area contributed by atoms with Crippen LogP contribution in [0, 0.1) is 3.57 Å². The Kier molecular flexibility index (Phi) is 4.71. The number of sulfonamides is 1. The fourth-order valence-corrected chi connectivity index (χ4v) is 5.05. The monoisotopic (exact) mass is 476 g/mol. The molecule has 3 aromatic rings. The lowest BCUT2D eigenvalue weighted by atomic mass is 10.0. The molecule has 0 fully saturated rings. The first-order valence-electron chi connectivity index (χ1n) is 8.34. The van der Waals surface area contributed by atoms with E-state index >= 15 is 0 Å². The number of nitrogens with zero attached hydrogens (tertiary/aromatic N) is 2. The summed E-state index contributed by atoms with van der Waals surface area (Å²) in [6, 6.07) is 21.2. The third kappa shape index (κ3) is 3.23. The molecule has 0 aromatic heterocycles. The van der Waals surface area contributed by atoms with E-state index in [0.717, 1.165) is 19.9 Å². The molecular formula is C20H17IN2O2S. The summed E-state index contributed by atoms with van der Waals surface area (Å²) in [5.41, 5.74) is 1.09. The predicted octanol–water partition coefficient (Wildman–Crippen LogP) is 4.09. The molecule has 0 bridgehead atoms. The summed E-state index contributed by atoms with van der Waals surface area (Å²) >= 11 is 2.17. The molecule has 0 unspecified atom stereocenters. The van der Waals surface area contributed by atoms with Crippen LogP contribution in [0.15, 0.2) is 76.6 Å². The lowest BCUT2D eigenvalue weighted by Gasteiger charge is -2.21. The molecule has 0 saturated heterocycles. The Morgan fingerprint density at radius 1 is 0.962 bits per heavy atom. The maximum Gasteiger partial charge on any atom is 0.265 e. The second-order valence-electron chi connectivity index (χ2n) is 6.14. The van der Waals surface area contributed by atoms with E-state index in [0.29, 0.717) is 30.2 Å². The standard InChI is InChI=1S/C20H17IN2O2S/c21-17-8-10-18(11-9-17)26(24,25)23-13-12-22-20(23)14-16-6-3-5-15-4-1-2-7-19(15)16/h1-11H,12-14H2. The smallest absolute Gasteiger partial charge is 0.265 e. The van der Waals surface area contributed by atoms with Crippen molar-refractivity contribution in [2.75, 3.05) is 13.1 Å². The summed E-state index contributed by atoms with van der Waals surface area (Å²) in [5.74, 6) is 0.611. The lowest BCUT2D eigenvalue weighted by molar-refractivity contribution is 0.535. The van der Waals surface area contributed by atoms with Gasteiger partial charge in [-0.2, -0.15) is 0 Å². The third-order valence-electron chi connectivity index (χ3n) is 4.52. The van der Waals surface area contributed by atoms with Crippen LogP contribution in [-0.4, -0.2) is 31.6 Å². The highest BCUT2D eigenvalue weighted by atomic mass is 127. The quantitative estimate of drug-likeness (QED) is 0.533. The van der Waals surface area contributed by atoms with Gasteiger partial charge in [0, 0.05) is 9.99 Å². The van der Waals surface area contributed by atoms with Gasteiger partial charge < -0.3 is 0 Å². The third-order valence-corrected chi connectivity index (χ3v) is 7.08. The van der Waals surface area contributed by atoms with E-state index in [9.17, 15) is 8.42 Å². The highest BCUT2D eigenvalue weighted by molar-refractivity contribution is 14.1. The molecule has 1 heterocycles. The van der Waals surface area contributed by atoms with Crippen LogP contribution in [0.1, 0.15) is 5.56 Å². The van der Waals surface area contributed by atoms with E-state index in [1.807, 2.05) is 36.4 Å². The van der Waals surface area contributed by atoms with Crippen LogP contribution >= 0.6 is 22.6 Å². The number of amidine groups is 1. The SMILES string of the molecule is O=S(=O)(c1ccc(I)cc1)N1CCN=C1Cc1cccc2ccccc12. The number of fused-ring (bicyclic) bond motifs is 1. The van der Waals surface area contributed by atoms with Crippen molar-refractivity contribution in [2.24, 2.45) is 4.99 Å². The second-order valence-corrected chi connectivity index (χ2v) is 9.25. The Labute approximate surface area is 166 Å². The van der Waals surface area contributed by atoms with Crippen molar-refractivity contribution < 1.29 is 8.42 Å². The fourth-order valence-electron chi connectivity index (χ4n) is 3.23. The molecule has 0 saturated carbocycles. The molecule has 6 heteroatoms. The Morgan fingerprint density at radius 2 is 1.69 bits per heavy atom. The van der Waals surface area contributed by atoms with E-state index in [1.165, 1.54) is 4.31 Å². The maximum atomic E-state index is 13.1. The van der Waals surface area contributed by atoms with Crippen LogP contribution in [-0.2, 0) is 16.4 Å². The second kappa shape index (κ2) is 7.00. The van der Waals surface area contributed by atoms with Gasteiger partial charge in [-0.15, -0.1) is 0 Å². The van der Waals surface area contributed by atoms with Crippen LogP contribution in [0.3, 0.4) is 0 Å². The molecule has 0 aliphatic carbocycles. The number of aliphatic imine (C=N–C) groups is 1. The van der Waals surface area contributed by atoms with Crippen molar-refractivity contribution in [3.05, 3.63) is 75.9 Å². The molecule has 0 spiro atoms. The lowest BCUT2D eigenvalue weighted by Crippen LogP contribution is -2.35. The molecule has 3 aromatic carbocycles. The molecule has 1 aliphatic rings. The molecule has 4 nitrogen and oxygen atoms in total. The van der Waals surface area contributed by atoms with Crippen molar-refractivity contribution in [2.45, 2.75) is 11.3 Å². The van der Waals surface area contributed by atoms with Crippen molar-refractivity contribution >= 4 is 49.2 Å². The maximum absolute atomic E-state index is 13.1. The topological polar surface area (TPSA) is 49.7 Å².